The highest BCUT2D eigenvalue weighted by atomic mass is 16.4. The lowest BCUT2D eigenvalue weighted by Gasteiger charge is -2.23. The van der Waals surface area contributed by atoms with Crippen molar-refractivity contribution in [1.29, 1.82) is 0 Å². The van der Waals surface area contributed by atoms with E-state index in [1.807, 2.05) is 19.1 Å². The molecule has 0 amide bonds. The molecule has 3 nitrogen and oxygen atoms in total. The van der Waals surface area contributed by atoms with E-state index in [-0.39, 0.29) is 0 Å². The molecule has 17 heavy (non-hydrogen) atoms. The third kappa shape index (κ3) is 5.43. The van der Waals surface area contributed by atoms with Crippen LogP contribution in [0.5, 0.6) is 0 Å². The van der Waals surface area contributed by atoms with Crippen molar-refractivity contribution in [2.24, 2.45) is 5.73 Å². The van der Waals surface area contributed by atoms with E-state index >= 15 is 0 Å². The number of rotatable bonds is 4. The zero-order chi connectivity index (χ0) is 13.3. The van der Waals surface area contributed by atoms with Crippen molar-refractivity contribution in [3.05, 3.63) is 48.0 Å². The number of benzene rings is 1. The van der Waals surface area contributed by atoms with E-state index in [0.717, 1.165) is 11.8 Å². The van der Waals surface area contributed by atoms with Crippen molar-refractivity contribution >= 4 is 6.29 Å². The van der Waals surface area contributed by atoms with Crippen LogP contribution < -0.4 is 5.73 Å². The molecule has 0 aromatic heterocycles. The lowest BCUT2D eigenvalue weighted by atomic mass is 9.89. The molecular weight excluding hydrogens is 214 g/mol. The molecule has 0 saturated carbocycles. The predicted molar refractivity (Wildman–Crippen MR) is 71.1 cm³/mol. The molecule has 3 heteroatoms. The predicted octanol–water partition coefficient (Wildman–Crippen LogP) is 2.51. The van der Waals surface area contributed by atoms with Crippen molar-refractivity contribution < 1.29 is 9.53 Å². The number of ether oxygens (including phenoxy) is 1. The lowest BCUT2D eigenvalue weighted by Crippen LogP contribution is -2.32. The molecule has 0 radical (unpaired) electrons. The van der Waals surface area contributed by atoms with Gasteiger partial charge in [0.25, 0.3) is 0 Å². The summed E-state index contributed by atoms with van der Waals surface area (Å²) in [6, 6.07) is 7.31. The average Bonchev–Trinajstić information content (AvgIpc) is 2.30. The number of carbonyl (C=O) groups is 1. The van der Waals surface area contributed by atoms with Gasteiger partial charge in [0.1, 0.15) is 6.29 Å². The van der Waals surface area contributed by atoms with Gasteiger partial charge in [-0.1, -0.05) is 30.3 Å². The quantitative estimate of drug-likeness (QED) is 0.644. The standard InChI is InChI=1S/C12H15NO.C2H6O/c1-3-8-12(2,13)11-6-4-10(9-14)5-7-11;1-3-2/h3-7,9H,1,8,13H2,2H3;1-2H3. The summed E-state index contributed by atoms with van der Waals surface area (Å²) in [5, 5.41) is 0. The molecule has 1 aromatic carbocycles. The molecule has 1 unspecified atom stereocenters. The van der Waals surface area contributed by atoms with Crippen LogP contribution in [-0.2, 0) is 10.3 Å². The van der Waals surface area contributed by atoms with Gasteiger partial charge in [-0.05, 0) is 18.9 Å². The topological polar surface area (TPSA) is 52.3 Å². The summed E-state index contributed by atoms with van der Waals surface area (Å²) in [5.41, 5.74) is 7.37. The second-order valence-corrected chi connectivity index (χ2v) is 4.06. The fourth-order valence-corrected chi connectivity index (χ4v) is 1.36. The fourth-order valence-electron chi connectivity index (χ4n) is 1.36. The Morgan fingerprint density at radius 2 is 1.82 bits per heavy atom. The first kappa shape index (κ1) is 15.6. The van der Waals surface area contributed by atoms with E-state index in [0.29, 0.717) is 12.0 Å². The van der Waals surface area contributed by atoms with Gasteiger partial charge < -0.3 is 10.5 Å². The maximum atomic E-state index is 10.4. The molecule has 0 aliphatic heterocycles. The van der Waals surface area contributed by atoms with E-state index in [1.54, 1.807) is 32.4 Å². The Morgan fingerprint density at radius 1 is 1.35 bits per heavy atom. The van der Waals surface area contributed by atoms with Gasteiger partial charge in [-0.15, -0.1) is 6.58 Å². The van der Waals surface area contributed by atoms with Crippen LogP contribution in [0.3, 0.4) is 0 Å². The highest BCUT2D eigenvalue weighted by Gasteiger charge is 2.18. The number of nitrogens with two attached hydrogens (primary N) is 1. The molecule has 1 atom stereocenters. The van der Waals surface area contributed by atoms with Gasteiger partial charge in [0.2, 0.25) is 0 Å². The monoisotopic (exact) mass is 235 g/mol. The van der Waals surface area contributed by atoms with E-state index < -0.39 is 5.54 Å². The Balaban J connectivity index is 0.000000770. The Bertz CT molecular complexity index is 342. The zero-order valence-electron chi connectivity index (χ0n) is 10.8. The highest BCUT2D eigenvalue weighted by molar-refractivity contribution is 5.74. The number of aldehydes is 1. The van der Waals surface area contributed by atoms with Crippen LogP contribution in [0.4, 0.5) is 0 Å². The van der Waals surface area contributed by atoms with E-state index in [2.05, 4.69) is 11.3 Å². The number of hydrogen-bond acceptors (Lipinski definition) is 3. The average molecular weight is 235 g/mol. The second-order valence-electron chi connectivity index (χ2n) is 4.06. The maximum Gasteiger partial charge on any atom is 0.150 e. The molecule has 0 aliphatic carbocycles. The van der Waals surface area contributed by atoms with Gasteiger partial charge in [-0.2, -0.15) is 0 Å². The maximum absolute atomic E-state index is 10.4. The third-order valence-electron chi connectivity index (χ3n) is 2.27. The molecule has 0 bridgehead atoms. The van der Waals surface area contributed by atoms with Crippen LogP contribution in [0.15, 0.2) is 36.9 Å². The summed E-state index contributed by atoms with van der Waals surface area (Å²) in [6.45, 7) is 5.62. The van der Waals surface area contributed by atoms with E-state index in [1.165, 1.54) is 0 Å². The molecule has 0 heterocycles. The van der Waals surface area contributed by atoms with Crippen molar-refractivity contribution in [3.63, 3.8) is 0 Å². The van der Waals surface area contributed by atoms with Crippen molar-refractivity contribution in [2.75, 3.05) is 14.2 Å². The molecule has 2 N–H and O–H groups in total. The zero-order valence-corrected chi connectivity index (χ0v) is 10.8. The second kappa shape index (κ2) is 7.76. The van der Waals surface area contributed by atoms with Crippen LogP contribution in [0.2, 0.25) is 0 Å². The SMILES string of the molecule is C=CCC(C)(N)c1ccc(C=O)cc1.COC. The molecule has 0 fully saturated rings. The lowest BCUT2D eigenvalue weighted by molar-refractivity contribution is 0.112. The van der Waals surface area contributed by atoms with Crippen LogP contribution in [0, 0.1) is 0 Å². The smallest absolute Gasteiger partial charge is 0.150 e. The van der Waals surface area contributed by atoms with Gasteiger partial charge in [-0.25, -0.2) is 0 Å². The van der Waals surface area contributed by atoms with E-state index in [4.69, 9.17) is 5.73 Å². The summed E-state index contributed by atoms with van der Waals surface area (Å²) >= 11 is 0. The minimum Gasteiger partial charge on any atom is -0.388 e. The van der Waals surface area contributed by atoms with Gasteiger partial charge in [0.15, 0.2) is 0 Å². The summed E-state index contributed by atoms with van der Waals surface area (Å²) in [7, 11) is 3.25. The first-order valence-corrected chi connectivity index (χ1v) is 5.37. The Morgan fingerprint density at radius 3 is 2.18 bits per heavy atom. The number of hydrogen-bond donors (Lipinski definition) is 1. The molecular formula is C14H21NO2. The van der Waals surface area contributed by atoms with Crippen LogP contribution >= 0.6 is 0 Å². The summed E-state index contributed by atoms with van der Waals surface area (Å²) in [4.78, 5) is 10.4. The first-order valence-electron chi connectivity index (χ1n) is 5.37. The molecule has 0 aliphatic rings. The molecule has 0 saturated heterocycles. The van der Waals surface area contributed by atoms with Gasteiger partial charge >= 0.3 is 0 Å². The van der Waals surface area contributed by atoms with Crippen LogP contribution in [0.25, 0.3) is 0 Å². The summed E-state index contributed by atoms with van der Waals surface area (Å²) < 4.78 is 4.25. The van der Waals surface area contributed by atoms with Gasteiger partial charge in [0, 0.05) is 25.3 Å². The number of carbonyl (C=O) groups excluding carboxylic acids is 1. The Labute approximate surface area is 103 Å². The molecule has 1 aromatic rings. The number of methoxy groups -OCH3 is 1. The minimum absolute atomic E-state index is 0.400. The first-order chi connectivity index (χ1) is 8.01. The molecule has 1 rings (SSSR count). The summed E-state index contributed by atoms with van der Waals surface area (Å²) in [6.07, 6.45) is 3.34. The Hall–Kier alpha value is -1.45. The van der Waals surface area contributed by atoms with Crippen molar-refractivity contribution in [3.8, 4) is 0 Å². The fraction of sp³-hybridized carbons (Fsp3) is 0.357. The van der Waals surface area contributed by atoms with Crippen molar-refractivity contribution in [2.45, 2.75) is 18.9 Å². The van der Waals surface area contributed by atoms with Crippen molar-refractivity contribution in [1.82, 2.24) is 0 Å². The van der Waals surface area contributed by atoms with E-state index in [9.17, 15) is 4.79 Å². The van der Waals surface area contributed by atoms with Crippen LogP contribution in [0.1, 0.15) is 29.3 Å². The van der Waals surface area contributed by atoms with Crippen LogP contribution in [-0.4, -0.2) is 20.5 Å². The molecule has 94 valence electrons. The minimum atomic E-state index is -0.400. The summed E-state index contributed by atoms with van der Waals surface area (Å²) in [5.74, 6) is 0. The normalized spacial score (nSPS) is 12.9. The molecule has 0 spiro atoms. The van der Waals surface area contributed by atoms with Gasteiger partial charge in [0.05, 0.1) is 0 Å². The highest BCUT2D eigenvalue weighted by Crippen LogP contribution is 2.21. The van der Waals surface area contributed by atoms with Gasteiger partial charge in [-0.3, -0.25) is 4.79 Å². The Kier molecular flexibility index (Phi) is 7.10. The third-order valence-corrected chi connectivity index (χ3v) is 2.27. The largest absolute Gasteiger partial charge is 0.388 e.